The first-order valence-corrected chi connectivity index (χ1v) is 9.61. The number of hydrogen-bond acceptors (Lipinski definition) is 1. The van der Waals surface area contributed by atoms with Crippen LogP contribution in [0.5, 0.6) is 0 Å². The fraction of sp³-hybridized carbons (Fsp3) is 0.304. The van der Waals surface area contributed by atoms with Crippen molar-refractivity contribution in [2.75, 3.05) is 13.1 Å². The Labute approximate surface area is 166 Å². The van der Waals surface area contributed by atoms with Crippen LogP contribution in [0.1, 0.15) is 42.3 Å². The molecule has 0 aliphatic carbocycles. The van der Waals surface area contributed by atoms with Gasteiger partial charge >= 0.3 is 0 Å². The molecule has 1 atom stereocenters. The van der Waals surface area contributed by atoms with Crippen LogP contribution < -0.4 is 0 Å². The van der Waals surface area contributed by atoms with Gasteiger partial charge in [0.05, 0.1) is 12.6 Å². The van der Waals surface area contributed by atoms with E-state index in [1.54, 1.807) is 19.1 Å². The van der Waals surface area contributed by atoms with E-state index in [1.165, 1.54) is 17.0 Å². The summed E-state index contributed by atoms with van der Waals surface area (Å²) >= 11 is 0. The molecule has 0 bridgehead atoms. The van der Waals surface area contributed by atoms with Crippen molar-refractivity contribution in [3.63, 3.8) is 0 Å². The second kappa shape index (κ2) is 7.34. The third-order valence-corrected chi connectivity index (χ3v) is 5.35. The summed E-state index contributed by atoms with van der Waals surface area (Å²) in [5.74, 6) is -4.46. The normalized spacial score (nSPS) is 17.9. The summed E-state index contributed by atoms with van der Waals surface area (Å²) in [6.07, 6.45) is 3.82. The first-order chi connectivity index (χ1) is 13.8. The van der Waals surface area contributed by atoms with Crippen LogP contribution in [0.3, 0.4) is 0 Å². The lowest BCUT2D eigenvalue weighted by atomic mass is 9.90. The molecule has 1 unspecified atom stereocenters. The lowest BCUT2D eigenvalue weighted by molar-refractivity contribution is -0.0248. The average Bonchev–Trinajstić information content (AvgIpc) is 3.00. The van der Waals surface area contributed by atoms with Crippen molar-refractivity contribution in [2.45, 2.75) is 32.2 Å². The average molecular weight is 402 g/mol. The highest BCUT2D eigenvalue weighted by Gasteiger charge is 2.38. The lowest BCUT2D eigenvalue weighted by Crippen LogP contribution is -2.43. The Balaban J connectivity index is 1.92. The predicted octanol–water partition coefficient (Wildman–Crippen LogP) is 6.08. The van der Waals surface area contributed by atoms with E-state index in [4.69, 9.17) is 0 Å². The number of halogens is 4. The molecule has 3 aromatic rings. The lowest BCUT2D eigenvalue weighted by Gasteiger charge is -2.37. The predicted molar refractivity (Wildman–Crippen MR) is 107 cm³/mol. The molecule has 2 aromatic carbocycles. The van der Waals surface area contributed by atoms with Crippen molar-refractivity contribution < 1.29 is 17.6 Å². The minimum Gasteiger partial charge on any atom is -0.357 e. The van der Waals surface area contributed by atoms with Crippen molar-refractivity contribution >= 4 is 17.0 Å². The highest BCUT2D eigenvalue weighted by Crippen LogP contribution is 2.41. The second-order valence-corrected chi connectivity index (χ2v) is 7.65. The van der Waals surface area contributed by atoms with Crippen molar-refractivity contribution in [2.24, 2.45) is 0 Å². The van der Waals surface area contributed by atoms with Gasteiger partial charge in [-0.2, -0.15) is 0 Å². The maximum Gasteiger partial charge on any atom is 0.257 e. The number of H-pyrrole nitrogens is 1. The SMILES string of the molecule is C/C=C/c1cc(F)c(C2c3[nH]c4ccccc4c3CCN2CC(C)(F)F)c(F)c1. The smallest absolute Gasteiger partial charge is 0.257 e. The number of aromatic amines is 1. The molecule has 1 N–H and O–H groups in total. The number of benzene rings is 2. The van der Waals surface area contributed by atoms with Gasteiger partial charge in [-0.3, -0.25) is 4.90 Å². The summed E-state index contributed by atoms with van der Waals surface area (Å²) in [7, 11) is 0. The molecule has 0 saturated heterocycles. The zero-order valence-electron chi connectivity index (χ0n) is 16.3. The summed E-state index contributed by atoms with van der Waals surface area (Å²) in [4.78, 5) is 4.71. The van der Waals surface area contributed by atoms with Crippen LogP contribution in [-0.2, 0) is 6.42 Å². The van der Waals surface area contributed by atoms with Gasteiger partial charge < -0.3 is 4.98 Å². The van der Waals surface area contributed by atoms with E-state index in [1.807, 2.05) is 24.3 Å². The van der Waals surface area contributed by atoms with E-state index in [9.17, 15) is 8.78 Å². The standard InChI is InChI=1S/C23H22F4N2/c1-3-6-14-11-17(24)20(18(25)12-14)22-21-16(9-10-29(22)13-23(2,26)27)15-7-4-5-8-19(15)28-21/h3-8,11-12,22,28H,9-10,13H2,1-2H3/b6-3+. The van der Waals surface area contributed by atoms with Crippen molar-refractivity contribution in [3.8, 4) is 0 Å². The number of fused-ring (bicyclic) bond motifs is 3. The van der Waals surface area contributed by atoms with Gasteiger partial charge in [-0.25, -0.2) is 17.6 Å². The maximum absolute atomic E-state index is 15.1. The van der Waals surface area contributed by atoms with Crippen LogP contribution in [0.15, 0.2) is 42.5 Å². The van der Waals surface area contributed by atoms with Gasteiger partial charge in [0.15, 0.2) is 0 Å². The summed E-state index contributed by atoms with van der Waals surface area (Å²) < 4.78 is 57.9. The number of nitrogens with one attached hydrogen (secondary N) is 1. The number of allylic oxidation sites excluding steroid dienone is 1. The van der Waals surface area contributed by atoms with Gasteiger partial charge in [-0.05, 0) is 42.7 Å². The third kappa shape index (κ3) is 3.69. The highest BCUT2D eigenvalue weighted by atomic mass is 19.3. The van der Waals surface area contributed by atoms with E-state index in [0.717, 1.165) is 23.4 Å². The zero-order chi connectivity index (χ0) is 20.8. The number of alkyl halides is 2. The van der Waals surface area contributed by atoms with Crippen molar-refractivity contribution in [1.29, 1.82) is 0 Å². The number of nitrogens with zero attached hydrogens (tertiary/aromatic N) is 1. The van der Waals surface area contributed by atoms with Crippen LogP contribution in [0, 0.1) is 11.6 Å². The number of hydrogen-bond donors (Lipinski definition) is 1. The zero-order valence-corrected chi connectivity index (χ0v) is 16.3. The summed E-state index contributed by atoms with van der Waals surface area (Å²) in [6.45, 7) is 2.29. The van der Waals surface area contributed by atoms with Crippen molar-refractivity contribution in [1.82, 2.24) is 9.88 Å². The molecule has 2 nitrogen and oxygen atoms in total. The molecule has 152 valence electrons. The van der Waals surface area contributed by atoms with Gasteiger partial charge in [-0.1, -0.05) is 30.4 Å². The maximum atomic E-state index is 15.1. The fourth-order valence-corrected chi connectivity index (χ4v) is 4.30. The van der Waals surface area contributed by atoms with Crippen LogP contribution in [0.2, 0.25) is 0 Å². The first kappa shape index (κ1) is 19.7. The minimum atomic E-state index is -2.99. The van der Waals surface area contributed by atoms with E-state index in [-0.39, 0.29) is 5.56 Å². The van der Waals surface area contributed by atoms with Gasteiger partial charge in [0, 0.05) is 35.6 Å². The highest BCUT2D eigenvalue weighted by molar-refractivity contribution is 5.85. The monoisotopic (exact) mass is 402 g/mol. The number of rotatable bonds is 4. The Morgan fingerprint density at radius 3 is 2.52 bits per heavy atom. The van der Waals surface area contributed by atoms with Gasteiger partial charge in [0.1, 0.15) is 11.6 Å². The molecule has 0 radical (unpaired) electrons. The summed E-state index contributed by atoms with van der Waals surface area (Å²) in [6, 6.07) is 9.13. The van der Waals surface area contributed by atoms with Crippen molar-refractivity contribution in [3.05, 3.63) is 76.5 Å². The second-order valence-electron chi connectivity index (χ2n) is 7.65. The number of para-hydroxylation sites is 1. The van der Waals surface area contributed by atoms with E-state index in [0.29, 0.717) is 24.2 Å². The quantitative estimate of drug-likeness (QED) is 0.524. The van der Waals surface area contributed by atoms with E-state index < -0.39 is 30.1 Å². The van der Waals surface area contributed by atoms with Gasteiger partial charge in [0.25, 0.3) is 5.92 Å². The molecule has 0 amide bonds. The molecule has 2 heterocycles. The molecule has 0 fully saturated rings. The Morgan fingerprint density at radius 2 is 1.86 bits per heavy atom. The Morgan fingerprint density at radius 1 is 1.17 bits per heavy atom. The van der Waals surface area contributed by atoms with Crippen LogP contribution in [-0.4, -0.2) is 28.9 Å². The van der Waals surface area contributed by atoms with Crippen LogP contribution >= 0.6 is 0 Å². The third-order valence-electron chi connectivity index (χ3n) is 5.35. The Bertz CT molecular complexity index is 1060. The topological polar surface area (TPSA) is 19.0 Å². The van der Waals surface area contributed by atoms with Crippen LogP contribution in [0.4, 0.5) is 17.6 Å². The molecule has 4 rings (SSSR count). The Hall–Kier alpha value is -2.60. The fourth-order valence-electron chi connectivity index (χ4n) is 4.30. The van der Waals surface area contributed by atoms with Gasteiger partial charge in [-0.15, -0.1) is 0 Å². The molecule has 1 aromatic heterocycles. The molecular formula is C23H22F4N2. The number of aromatic nitrogens is 1. The molecule has 29 heavy (non-hydrogen) atoms. The molecule has 0 saturated carbocycles. The molecule has 1 aliphatic heterocycles. The summed E-state index contributed by atoms with van der Waals surface area (Å²) in [5.41, 5.74) is 2.54. The minimum absolute atomic E-state index is 0.199. The molecular weight excluding hydrogens is 380 g/mol. The van der Waals surface area contributed by atoms with Gasteiger partial charge in [0.2, 0.25) is 0 Å². The summed E-state index contributed by atoms with van der Waals surface area (Å²) in [5, 5.41) is 0.960. The van der Waals surface area contributed by atoms with Crippen LogP contribution in [0.25, 0.3) is 17.0 Å². The van der Waals surface area contributed by atoms with E-state index in [2.05, 4.69) is 4.98 Å². The molecule has 6 heteroatoms. The van der Waals surface area contributed by atoms with E-state index >= 15 is 8.78 Å². The Kier molecular flexibility index (Phi) is 4.99. The first-order valence-electron chi connectivity index (χ1n) is 9.61. The largest absolute Gasteiger partial charge is 0.357 e. The molecule has 1 aliphatic rings. The molecule has 0 spiro atoms.